The third-order valence-corrected chi connectivity index (χ3v) is 3.91. The van der Waals surface area contributed by atoms with E-state index in [1.807, 2.05) is 18.7 Å². The minimum Gasteiger partial charge on any atom is -0.481 e. The van der Waals surface area contributed by atoms with Gasteiger partial charge in [0.05, 0.1) is 13.0 Å². The minimum atomic E-state index is -0.796. The average Bonchev–Trinajstić information content (AvgIpc) is 2.28. The first-order chi connectivity index (χ1) is 8.49. The zero-order chi connectivity index (χ0) is 13.5. The van der Waals surface area contributed by atoms with Gasteiger partial charge in [-0.25, -0.2) is 0 Å². The van der Waals surface area contributed by atoms with E-state index in [0.29, 0.717) is 19.0 Å². The molecule has 1 amide bonds. The summed E-state index contributed by atoms with van der Waals surface area (Å²) in [7, 11) is 0. The Morgan fingerprint density at radius 1 is 1.50 bits per heavy atom. The van der Waals surface area contributed by atoms with Crippen LogP contribution in [0, 0.1) is 5.92 Å². The normalized spacial score (nSPS) is 20.9. The highest BCUT2D eigenvalue weighted by Crippen LogP contribution is 2.18. The highest BCUT2D eigenvalue weighted by molar-refractivity contribution is 7.99. The molecule has 0 bridgehead atoms. The summed E-state index contributed by atoms with van der Waals surface area (Å²) in [5.74, 6) is 1.39. The molecule has 0 saturated carbocycles. The summed E-state index contributed by atoms with van der Waals surface area (Å²) < 4.78 is 0. The molecule has 0 radical (unpaired) electrons. The number of nitrogens with zero attached hydrogens (tertiary/aromatic N) is 1. The van der Waals surface area contributed by atoms with Gasteiger partial charge < -0.3 is 10.4 Å². The van der Waals surface area contributed by atoms with Gasteiger partial charge in [-0.15, -0.1) is 0 Å². The number of aliphatic carboxylic acids is 1. The molecule has 1 rings (SSSR count). The number of rotatable bonds is 6. The lowest BCUT2D eigenvalue weighted by Crippen LogP contribution is -2.48. The third-order valence-electron chi connectivity index (χ3n) is 2.81. The largest absolute Gasteiger partial charge is 0.481 e. The fraction of sp³-hybridized carbons (Fsp3) is 0.833. The summed E-state index contributed by atoms with van der Waals surface area (Å²) in [6.45, 7) is 5.87. The van der Waals surface area contributed by atoms with Crippen LogP contribution in [-0.4, -0.2) is 59.1 Å². The number of carbonyl (C=O) groups excluding carboxylic acids is 1. The average molecular weight is 274 g/mol. The van der Waals surface area contributed by atoms with Crippen LogP contribution in [0.15, 0.2) is 0 Å². The van der Waals surface area contributed by atoms with E-state index in [2.05, 4.69) is 5.32 Å². The van der Waals surface area contributed by atoms with Gasteiger partial charge in [0, 0.05) is 30.6 Å². The molecule has 0 aromatic rings. The Hall–Kier alpha value is -0.750. The summed E-state index contributed by atoms with van der Waals surface area (Å²) in [6.07, 6.45) is 0.116. The highest BCUT2D eigenvalue weighted by Gasteiger charge is 2.26. The van der Waals surface area contributed by atoms with Crippen molar-refractivity contribution in [2.75, 3.05) is 31.1 Å². The summed E-state index contributed by atoms with van der Waals surface area (Å²) in [4.78, 5) is 24.5. The number of thioether (sulfide) groups is 1. The molecular weight excluding hydrogens is 252 g/mol. The Kier molecular flexibility index (Phi) is 6.49. The lowest BCUT2D eigenvalue weighted by molar-refractivity contribution is -0.138. The number of hydrogen-bond donors (Lipinski definition) is 2. The predicted octanol–water partition coefficient (Wildman–Crippen LogP) is 0.651. The van der Waals surface area contributed by atoms with Crippen molar-refractivity contribution < 1.29 is 14.7 Å². The number of carboxylic acid groups (broad SMARTS) is 1. The third kappa shape index (κ3) is 5.73. The van der Waals surface area contributed by atoms with Crippen molar-refractivity contribution in [2.24, 2.45) is 5.92 Å². The first kappa shape index (κ1) is 15.3. The van der Waals surface area contributed by atoms with E-state index in [1.165, 1.54) is 0 Å². The molecule has 1 heterocycles. The zero-order valence-corrected chi connectivity index (χ0v) is 11.8. The van der Waals surface area contributed by atoms with Crippen molar-refractivity contribution in [3.05, 3.63) is 0 Å². The Morgan fingerprint density at radius 3 is 2.83 bits per heavy atom. The molecule has 1 aliphatic rings. The van der Waals surface area contributed by atoms with Gasteiger partial charge in [0.2, 0.25) is 5.91 Å². The van der Waals surface area contributed by atoms with E-state index in [9.17, 15) is 9.59 Å². The monoisotopic (exact) mass is 274 g/mol. The predicted molar refractivity (Wildman–Crippen MR) is 72.8 cm³/mol. The Labute approximate surface area is 112 Å². The topological polar surface area (TPSA) is 69.6 Å². The molecule has 1 aliphatic heterocycles. The Bertz CT molecular complexity index is 297. The molecule has 1 fully saturated rings. The van der Waals surface area contributed by atoms with Crippen LogP contribution in [0.2, 0.25) is 0 Å². The molecule has 104 valence electrons. The number of carbonyl (C=O) groups is 2. The summed E-state index contributed by atoms with van der Waals surface area (Å²) in [5.41, 5.74) is 0. The molecule has 1 saturated heterocycles. The Balaban J connectivity index is 2.41. The van der Waals surface area contributed by atoms with E-state index >= 15 is 0 Å². The molecule has 0 spiro atoms. The van der Waals surface area contributed by atoms with Crippen molar-refractivity contribution in [3.8, 4) is 0 Å². The first-order valence-corrected chi connectivity index (χ1v) is 7.44. The molecule has 6 heteroatoms. The number of carboxylic acids is 1. The van der Waals surface area contributed by atoms with Crippen molar-refractivity contribution in [1.82, 2.24) is 10.2 Å². The molecule has 1 unspecified atom stereocenters. The fourth-order valence-corrected chi connectivity index (χ4v) is 2.98. The van der Waals surface area contributed by atoms with Crippen molar-refractivity contribution in [3.63, 3.8) is 0 Å². The number of hydrogen-bond acceptors (Lipinski definition) is 4. The van der Waals surface area contributed by atoms with Gasteiger partial charge in [-0.1, -0.05) is 13.8 Å². The molecular formula is C12H22N2O3S. The summed E-state index contributed by atoms with van der Waals surface area (Å²) in [5, 5.41) is 11.7. The summed E-state index contributed by atoms with van der Waals surface area (Å²) >= 11 is 1.76. The van der Waals surface area contributed by atoms with Crippen LogP contribution in [0.5, 0.6) is 0 Å². The molecule has 18 heavy (non-hydrogen) atoms. The SMILES string of the molecule is CC(C)CNC(=O)CN1CCSCC1CC(=O)O. The van der Waals surface area contributed by atoms with Crippen LogP contribution in [0.1, 0.15) is 20.3 Å². The summed E-state index contributed by atoms with van der Waals surface area (Å²) in [6, 6.07) is -0.0222. The van der Waals surface area contributed by atoms with Crippen LogP contribution >= 0.6 is 11.8 Å². The number of amides is 1. The first-order valence-electron chi connectivity index (χ1n) is 6.29. The highest BCUT2D eigenvalue weighted by atomic mass is 32.2. The second-order valence-corrected chi connectivity index (χ2v) is 6.14. The standard InChI is InChI=1S/C12H22N2O3S/c1-9(2)6-13-11(15)7-14-3-4-18-8-10(14)5-12(16)17/h9-10H,3-8H2,1-2H3,(H,13,15)(H,16,17). The van der Waals surface area contributed by atoms with Gasteiger partial charge in [-0.3, -0.25) is 14.5 Å². The lowest BCUT2D eigenvalue weighted by atomic mass is 10.2. The number of nitrogens with one attached hydrogen (secondary N) is 1. The van der Waals surface area contributed by atoms with Crippen LogP contribution < -0.4 is 5.32 Å². The van der Waals surface area contributed by atoms with Crippen LogP contribution in [0.3, 0.4) is 0 Å². The van der Waals surface area contributed by atoms with Crippen LogP contribution in [-0.2, 0) is 9.59 Å². The van der Waals surface area contributed by atoms with Gasteiger partial charge in [0.1, 0.15) is 0 Å². The van der Waals surface area contributed by atoms with E-state index in [0.717, 1.165) is 18.1 Å². The molecule has 5 nitrogen and oxygen atoms in total. The maximum Gasteiger partial charge on any atom is 0.304 e. The Morgan fingerprint density at radius 2 is 2.22 bits per heavy atom. The molecule has 0 aromatic heterocycles. The van der Waals surface area contributed by atoms with Crippen LogP contribution in [0.25, 0.3) is 0 Å². The maximum atomic E-state index is 11.7. The van der Waals surface area contributed by atoms with Gasteiger partial charge in [0.25, 0.3) is 0 Å². The van der Waals surface area contributed by atoms with Gasteiger partial charge in [-0.05, 0) is 5.92 Å². The van der Waals surface area contributed by atoms with Gasteiger partial charge in [-0.2, -0.15) is 11.8 Å². The van der Waals surface area contributed by atoms with E-state index < -0.39 is 5.97 Å². The van der Waals surface area contributed by atoms with Crippen molar-refractivity contribution in [2.45, 2.75) is 26.3 Å². The van der Waals surface area contributed by atoms with Crippen LogP contribution in [0.4, 0.5) is 0 Å². The second kappa shape index (κ2) is 7.63. The van der Waals surface area contributed by atoms with Gasteiger partial charge in [0.15, 0.2) is 0 Å². The quantitative estimate of drug-likeness (QED) is 0.744. The second-order valence-electron chi connectivity index (χ2n) is 5.00. The molecule has 1 atom stereocenters. The van der Waals surface area contributed by atoms with E-state index in [1.54, 1.807) is 11.8 Å². The molecule has 0 aromatic carbocycles. The fourth-order valence-electron chi connectivity index (χ4n) is 1.85. The zero-order valence-electron chi connectivity index (χ0n) is 11.0. The van der Waals surface area contributed by atoms with E-state index in [4.69, 9.17) is 5.11 Å². The molecule has 0 aliphatic carbocycles. The smallest absolute Gasteiger partial charge is 0.304 e. The molecule has 2 N–H and O–H groups in total. The lowest BCUT2D eigenvalue weighted by Gasteiger charge is -2.33. The maximum absolute atomic E-state index is 11.7. The minimum absolute atomic E-state index is 0.00834. The van der Waals surface area contributed by atoms with Crippen molar-refractivity contribution in [1.29, 1.82) is 0 Å². The van der Waals surface area contributed by atoms with E-state index in [-0.39, 0.29) is 18.4 Å². The van der Waals surface area contributed by atoms with Gasteiger partial charge >= 0.3 is 5.97 Å². The van der Waals surface area contributed by atoms with Crippen molar-refractivity contribution >= 4 is 23.6 Å².